The van der Waals surface area contributed by atoms with Crippen molar-refractivity contribution in [2.45, 2.75) is 40.3 Å². The molecule has 4 aromatic rings. The number of imidazole rings is 1. The van der Waals surface area contributed by atoms with Crippen molar-refractivity contribution in [1.82, 2.24) is 34.1 Å². The fourth-order valence-corrected chi connectivity index (χ4v) is 3.42. The van der Waals surface area contributed by atoms with Crippen molar-refractivity contribution in [2.75, 3.05) is 5.32 Å². The van der Waals surface area contributed by atoms with Gasteiger partial charge in [0.2, 0.25) is 5.65 Å². The van der Waals surface area contributed by atoms with Gasteiger partial charge in [0.25, 0.3) is 0 Å². The van der Waals surface area contributed by atoms with Crippen molar-refractivity contribution in [3.05, 3.63) is 54.4 Å². The van der Waals surface area contributed by atoms with Crippen molar-refractivity contribution in [3.8, 4) is 11.5 Å². The van der Waals surface area contributed by atoms with Gasteiger partial charge in [-0.15, -0.1) is 10.2 Å². The molecule has 0 saturated heterocycles. The molecule has 0 aliphatic heterocycles. The summed E-state index contributed by atoms with van der Waals surface area (Å²) in [5, 5.41) is 11.9. The molecule has 0 aliphatic carbocycles. The molecule has 0 amide bonds. The summed E-state index contributed by atoms with van der Waals surface area (Å²) < 4.78 is 3.99. The van der Waals surface area contributed by atoms with Crippen LogP contribution in [0.15, 0.2) is 47.9 Å². The fraction of sp³-hybridized carbons (Fsp3) is 0.273. The van der Waals surface area contributed by atoms with Crippen LogP contribution in [0.4, 0.5) is 5.82 Å². The van der Waals surface area contributed by atoms with E-state index >= 15 is 0 Å². The Kier molecular flexibility index (Phi) is 5.33. The monoisotopic (exact) mass is 415 g/mol. The van der Waals surface area contributed by atoms with Gasteiger partial charge in [0, 0.05) is 17.9 Å². The molecule has 0 aromatic carbocycles. The molecule has 4 heterocycles. The van der Waals surface area contributed by atoms with Crippen molar-refractivity contribution < 1.29 is 0 Å². The van der Waals surface area contributed by atoms with E-state index in [1.54, 1.807) is 12.3 Å². The summed E-state index contributed by atoms with van der Waals surface area (Å²) in [4.78, 5) is 18.3. The van der Waals surface area contributed by atoms with Crippen LogP contribution in [0.2, 0.25) is 0 Å². The summed E-state index contributed by atoms with van der Waals surface area (Å²) in [6.07, 6.45) is 7.22. The number of fused-ring (bicyclic) bond motifs is 2. The van der Waals surface area contributed by atoms with E-state index in [4.69, 9.17) is 9.97 Å². The van der Waals surface area contributed by atoms with Gasteiger partial charge in [-0.1, -0.05) is 12.7 Å². The lowest BCUT2D eigenvalue weighted by Crippen LogP contribution is -2.13. The van der Waals surface area contributed by atoms with Gasteiger partial charge in [0.15, 0.2) is 11.6 Å². The standard InChI is InChI=1S/C22H25N9/c1-7-8-16(23-6)11-31-19-9-14(4)24-10-17(19)27-21(31)18-12-30-15(5)28-29-22(30)20(26-18)25-13(2)3/h7-10,12-13H,1,6,11H2,2-5H3,(H,25,26)/b16-8-. The number of anilines is 1. The van der Waals surface area contributed by atoms with Crippen molar-refractivity contribution in [1.29, 1.82) is 0 Å². The Morgan fingerprint density at radius 3 is 2.77 bits per heavy atom. The molecule has 0 spiro atoms. The quantitative estimate of drug-likeness (QED) is 0.365. The number of nitrogens with one attached hydrogen (secondary N) is 1. The van der Waals surface area contributed by atoms with Crippen molar-refractivity contribution >= 4 is 29.2 Å². The van der Waals surface area contributed by atoms with Gasteiger partial charge in [-0.25, -0.2) is 9.97 Å². The Morgan fingerprint density at radius 1 is 1.26 bits per heavy atom. The molecule has 0 aliphatic rings. The first kappa shape index (κ1) is 20.4. The lowest BCUT2D eigenvalue weighted by Gasteiger charge is -2.13. The average Bonchev–Trinajstić information content (AvgIpc) is 3.28. The van der Waals surface area contributed by atoms with E-state index in [2.05, 4.69) is 57.2 Å². The summed E-state index contributed by atoms with van der Waals surface area (Å²) in [6, 6.07) is 2.19. The second-order valence-electron chi connectivity index (χ2n) is 7.60. The predicted octanol–water partition coefficient (Wildman–Crippen LogP) is 3.74. The third-order valence-corrected chi connectivity index (χ3v) is 4.82. The van der Waals surface area contributed by atoms with Crippen LogP contribution in [0.5, 0.6) is 0 Å². The summed E-state index contributed by atoms with van der Waals surface area (Å²) in [7, 11) is 0. The minimum atomic E-state index is 0.182. The second kappa shape index (κ2) is 8.10. The van der Waals surface area contributed by atoms with Crippen LogP contribution in [0.3, 0.4) is 0 Å². The average molecular weight is 416 g/mol. The zero-order valence-electron chi connectivity index (χ0n) is 18.2. The van der Waals surface area contributed by atoms with E-state index in [9.17, 15) is 0 Å². The minimum absolute atomic E-state index is 0.182. The Bertz CT molecular complexity index is 1320. The highest BCUT2D eigenvalue weighted by Crippen LogP contribution is 2.27. The Hall–Kier alpha value is -3.88. The fourth-order valence-electron chi connectivity index (χ4n) is 3.42. The molecule has 0 unspecified atom stereocenters. The van der Waals surface area contributed by atoms with E-state index in [-0.39, 0.29) is 6.04 Å². The van der Waals surface area contributed by atoms with Gasteiger partial charge in [0.1, 0.15) is 17.0 Å². The number of hydrogen-bond donors (Lipinski definition) is 1. The van der Waals surface area contributed by atoms with E-state index < -0.39 is 0 Å². The van der Waals surface area contributed by atoms with Crippen molar-refractivity contribution in [3.63, 3.8) is 0 Å². The van der Waals surface area contributed by atoms with Crippen LogP contribution in [0.25, 0.3) is 28.2 Å². The number of pyridine rings is 1. The second-order valence-corrected chi connectivity index (χ2v) is 7.60. The Morgan fingerprint density at radius 2 is 2.06 bits per heavy atom. The van der Waals surface area contributed by atoms with E-state index in [0.29, 0.717) is 29.5 Å². The molecule has 0 saturated carbocycles. The van der Waals surface area contributed by atoms with Gasteiger partial charge in [-0.05, 0) is 46.6 Å². The normalized spacial score (nSPS) is 12.1. The van der Waals surface area contributed by atoms with Gasteiger partial charge >= 0.3 is 0 Å². The topological polar surface area (TPSA) is 98.2 Å². The van der Waals surface area contributed by atoms with Gasteiger partial charge in [-0.3, -0.25) is 14.4 Å². The maximum atomic E-state index is 4.86. The molecule has 158 valence electrons. The van der Waals surface area contributed by atoms with Crippen LogP contribution in [0, 0.1) is 13.8 Å². The number of allylic oxidation sites excluding steroid dienone is 3. The first-order valence-corrected chi connectivity index (χ1v) is 10.0. The lowest BCUT2D eigenvalue weighted by molar-refractivity contribution is 0.804. The van der Waals surface area contributed by atoms with E-state index in [1.165, 1.54) is 0 Å². The van der Waals surface area contributed by atoms with E-state index in [1.807, 2.05) is 36.6 Å². The molecule has 0 fully saturated rings. The number of nitrogens with zero attached hydrogens (tertiary/aromatic N) is 8. The van der Waals surface area contributed by atoms with Gasteiger partial charge < -0.3 is 9.88 Å². The summed E-state index contributed by atoms with van der Waals surface area (Å²) in [6.45, 7) is 15.9. The molecular formula is C22H25N9. The number of rotatable bonds is 7. The number of aliphatic imine (C=N–C) groups is 1. The smallest absolute Gasteiger partial charge is 0.203 e. The molecule has 9 heteroatoms. The third-order valence-electron chi connectivity index (χ3n) is 4.82. The predicted molar refractivity (Wildman–Crippen MR) is 123 cm³/mol. The summed E-state index contributed by atoms with van der Waals surface area (Å²) >= 11 is 0. The number of hydrogen-bond acceptors (Lipinski definition) is 7. The molecule has 4 rings (SSSR count). The summed E-state index contributed by atoms with van der Waals surface area (Å²) in [5.41, 5.74) is 4.77. The van der Waals surface area contributed by atoms with Crippen LogP contribution in [-0.4, -0.2) is 46.9 Å². The Labute approximate surface area is 180 Å². The molecule has 31 heavy (non-hydrogen) atoms. The maximum Gasteiger partial charge on any atom is 0.203 e. The highest BCUT2D eigenvalue weighted by Gasteiger charge is 2.19. The minimum Gasteiger partial charge on any atom is -0.365 e. The number of aryl methyl sites for hydroxylation is 2. The molecule has 0 radical (unpaired) electrons. The molecule has 0 atom stereocenters. The third kappa shape index (κ3) is 3.81. The molecular weight excluding hydrogens is 390 g/mol. The van der Waals surface area contributed by atoms with Crippen LogP contribution < -0.4 is 5.32 Å². The molecule has 9 nitrogen and oxygen atoms in total. The highest BCUT2D eigenvalue weighted by molar-refractivity contribution is 5.80. The van der Waals surface area contributed by atoms with Crippen LogP contribution in [0.1, 0.15) is 25.4 Å². The van der Waals surface area contributed by atoms with Crippen LogP contribution in [-0.2, 0) is 6.54 Å². The SMILES string of the molecule is C=C/C=C(/Cn1c(-c2cn3c(C)nnc3c(NC(C)C)n2)nc2cnc(C)cc21)N=C. The zero-order chi connectivity index (χ0) is 22.1. The lowest BCUT2D eigenvalue weighted by atomic mass is 10.3. The van der Waals surface area contributed by atoms with Gasteiger partial charge in [0.05, 0.1) is 24.0 Å². The first-order valence-electron chi connectivity index (χ1n) is 10.0. The molecule has 0 bridgehead atoms. The highest BCUT2D eigenvalue weighted by atomic mass is 15.3. The van der Waals surface area contributed by atoms with Crippen LogP contribution >= 0.6 is 0 Å². The van der Waals surface area contributed by atoms with Gasteiger partial charge in [-0.2, -0.15) is 0 Å². The van der Waals surface area contributed by atoms with E-state index in [0.717, 1.165) is 28.2 Å². The maximum absolute atomic E-state index is 4.86. The Balaban J connectivity index is 1.99. The largest absolute Gasteiger partial charge is 0.365 e. The van der Waals surface area contributed by atoms with Crippen molar-refractivity contribution in [2.24, 2.45) is 4.99 Å². The first-order chi connectivity index (χ1) is 14.9. The zero-order valence-corrected chi connectivity index (χ0v) is 18.2. The summed E-state index contributed by atoms with van der Waals surface area (Å²) in [5.74, 6) is 2.12. The number of aromatic nitrogens is 7. The molecule has 1 N–H and O–H groups in total. The molecule has 4 aromatic heterocycles.